The van der Waals surface area contributed by atoms with Crippen molar-refractivity contribution in [2.75, 3.05) is 6.54 Å². The molecule has 230 valence electrons. The van der Waals surface area contributed by atoms with Crippen LogP contribution in [0.2, 0.25) is 5.02 Å². The lowest BCUT2D eigenvalue weighted by Crippen LogP contribution is -2.54. The van der Waals surface area contributed by atoms with Crippen molar-refractivity contribution in [1.82, 2.24) is 20.1 Å². The van der Waals surface area contributed by atoms with E-state index in [1.807, 2.05) is 6.92 Å². The van der Waals surface area contributed by atoms with Crippen molar-refractivity contribution in [3.8, 4) is 17.0 Å². The molecule has 1 amide bonds. The molecule has 16 heteroatoms. The highest BCUT2D eigenvalue weighted by atomic mass is 35.5. The summed E-state index contributed by atoms with van der Waals surface area (Å²) in [5, 5.41) is 27.7. The lowest BCUT2D eigenvalue weighted by molar-refractivity contribution is -0.106. The van der Waals surface area contributed by atoms with Crippen molar-refractivity contribution in [2.24, 2.45) is 11.3 Å². The molecular formula is C25H33ClF4N4O6S. The largest absolute Gasteiger partial charge is 0.434 e. The molecule has 3 rings (SSSR count). The first-order valence-corrected chi connectivity index (χ1v) is 13.7. The Bertz CT molecular complexity index is 1240. The molecule has 2 heterocycles. The van der Waals surface area contributed by atoms with E-state index in [0.717, 1.165) is 6.07 Å². The Kier molecular flexibility index (Phi) is 12.2. The average molecular weight is 629 g/mol. The fourth-order valence-electron chi connectivity index (χ4n) is 4.47. The normalized spacial score (nSPS) is 20.9. The third-order valence-electron chi connectivity index (χ3n) is 6.90. The SMILES string of the molecule is CCn1nc(C(=O)NC[C@@]2(O)CC[C@H](C)C[C@@H]2O)c(Cl)c1-c1cnc(CC(C)(C)C(F)F)cc1OC(F)F.O=S=O. The van der Waals surface area contributed by atoms with Crippen LogP contribution in [0.3, 0.4) is 0 Å². The van der Waals surface area contributed by atoms with Gasteiger partial charge in [0.15, 0.2) is 5.69 Å². The number of carbonyl (C=O) groups is 1. The predicted molar refractivity (Wildman–Crippen MR) is 141 cm³/mol. The second kappa shape index (κ2) is 14.5. The van der Waals surface area contributed by atoms with Gasteiger partial charge >= 0.3 is 18.2 Å². The third-order valence-corrected chi connectivity index (χ3v) is 7.26. The molecule has 41 heavy (non-hydrogen) atoms. The van der Waals surface area contributed by atoms with Crippen LogP contribution in [0.4, 0.5) is 17.6 Å². The van der Waals surface area contributed by atoms with Crippen LogP contribution in [0.1, 0.15) is 63.1 Å². The van der Waals surface area contributed by atoms with E-state index in [9.17, 15) is 32.6 Å². The Morgan fingerprint density at radius 3 is 2.51 bits per heavy atom. The Morgan fingerprint density at radius 2 is 1.98 bits per heavy atom. The fourth-order valence-corrected chi connectivity index (χ4v) is 4.79. The van der Waals surface area contributed by atoms with Gasteiger partial charge in [0.1, 0.15) is 11.4 Å². The number of halogens is 5. The first-order chi connectivity index (χ1) is 19.1. The number of pyridine rings is 1. The van der Waals surface area contributed by atoms with E-state index < -0.39 is 47.6 Å². The van der Waals surface area contributed by atoms with Gasteiger partial charge in [0, 0.05) is 42.9 Å². The molecule has 3 atom stereocenters. The van der Waals surface area contributed by atoms with Gasteiger partial charge in [-0.1, -0.05) is 32.4 Å². The van der Waals surface area contributed by atoms with Gasteiger partial charge < -0.3 is 20.3 Å². The number of hydrogen-bond acceptors (Lipinski definition) is 8. The van der Waals surface area contributed by atoms with Gasteiger partial charge in [0.05, 0.1) is 22.4 Å². The number of nitrogens with zero attached hydrogens (tertiary/aromatic N) is 3. The summed E-state index contributed by atoms with van der Waals surface area (Å²) in [5.41, 5.74) is -3.00. The maximum absolute atomic E-state index is 13.4. The van der Waals surface area contributed by atoms with Crippen molar-refractivity contribution in [3.63, 3.8) is 0 Å². The zero-order chi connectivity index (χ0) is 31.1. The Labute approximate surface area is 243 Å². The molecule has 2 aromatic heterocycles. The number of carbonyl (C=O) groups excluding carboxylic acids is 1. The van der Waals surface area contributed by atoms with Crippen LogP contribution < -0.4 is 10.1 Å². The molecule has 0 aliphatic heterocycles. The lowest BCUT2D eigenvalue weighted by Gasteiger charge is -2.39. The monoisotopic (exact) mass is 628 g/mol. The highest BCUT2D eigenvalue weighted by Crippen LogP contribution is 2.39. The molecule has 0 spiro atoms. The first kappa shape index (κ1) is 34.6. The number of aliphatic hydroxyl groups excluding tert-OH is 1. The Hall–Kier alpha value is -2.62. The molecule has 1 aliphatic carbocycles. The van der Waals surface area contributed by atoms with E-state index >= 15 is 0 Å². The standard InChI is InChI=1S/C25H33ClF4N4O4.O2S/c1-5-34-20(15-11-31-14(9-16(15)38-23(29)30)10-24(3,4)22(27)28)18(26)19(33-34)21(36)32-12-25(37)7-6-13(2)8-17(25)35;1-3-2/h9,11,13,17,22-23,35,37H,5-8,10,12H2,1-4H3,(H,32,36);/t13-,17-,25-;/m0./s1. The van der Waals surface area contributed by atoms with Crippen molar-refractivity contribution in [3.05, 3.63) is 28.7 Å². The second-order valence-electron chi connectivity index (χ2n) is 10.6. The fraction of sp³-hybridized carbons (Fsp3) is 0.640. The molecule has 2 aromatic rings. The molecule has 0 bridgehead atoms. The highest BCUT2D eigenvalue weighted by Gasteiger charge is 2.40. The quantitative estimate of drug-likeness (QED) is 0.335. The molecular weight excluding hydrogens is 596 g/mol. The molecule has 1 aliphatic rings. The minimum absolute atomic E-state index is 0.00220. The molecule has 10 nitrogen and oxygen atoms in total. The number of ether oxygens (including phenoxy) is 1. The highest BCUT2D eigenvalue weighted by molar-refractivity contribution is 7.51. The Balaban J connectivity index is 0.00000187. The lowest BCUT2D eigenvalue weighted by atomic mass is 9.77. The number of hydrogen-bond donors (Lipinski definition) is 3. The molecule has 0 aromatic carbocycles. The molecule has 1 fully saturated rings. The summed E-state index contributed by atoms with van der Waals surface area (Å²) >= 11 is 5.76. The zero-order valence-corrected chi connectivity index (χ0v) is 24.4. The van der Waals surface area contributed by atoms with Crippen molar-refractivity contribution >= 4 is 29.1 Å². The summed E-state index contributed by atoms with van der Waals surface area (Å²) < 4.78 is 75.8. The van der Waals surface area contributed by atoms with Gasteiger partial charge in [0.2, 0.25) is 6.43 Å². The van der Waals surface area contributed by atoms with Gasteiger partial charge in [-0.3, -0.25) is 14.5 Å². The second-order valence-corrected chi connectivity index (χ2v) is 11.1. The van der Waals surface area contributed by atoms with E-state index in [1.54, 1.807) is 6.92 Å². The zero-order valence-electron chi connectivity index (χ0n) is 22.9. The van der Waals surface area contributed by atoms with E-state index in [4.69, 9.17) is 20.0 Å². The van der Waals surface area contributed by atoms with Gasteiger partial charge in [0.25, 0.3) is 5.91 Å². The van der Waals surface area contributed by atoms with E-state index in [1.165, 1.54) is 24.7 Å². The molecule has 0 unspecified atom stereocenters. The van der Waals surface area contributed by atoms with Crippen molar-refractivity contribution < 1.29 is 45.7 Å². The topological polar surface area (TPSA) is 144 Å². The molecule has 3 N–H and O–H groups in total. The summed E-state index contributed by atoms with van der Waals surface area (Å²) in [5.74, 6) is -0.848. The van der Waals surface area contributed by atoms with Gasteiger partial charge in [-0.25, -0.2) is 8.78 Å². The maximum Gasteiger partial charge on any atom is 0.387 e. The number of amides is 1. The number of alkyl halides is 4. The van der Waals surface area contributed by atoms with Crippen LogP contribution in [0, 0.1) is 11.3 Å². The predicted octanol–water partition coefficient (Wildman–Crippen LogP) is 4.03. The van der Waals surface area contributed by atoms with Crippen LogP contribution in [0.15, 0.2) is 12.3 Å². The minimum atomic E-state index is -3.22. The summed E-state index contributed by atoms with van der Waals surface area (Å²) in [6.45, 7) is 3.05. The van der Waals surface area contributed by atoms with Crippen LogP contribution in [-0.2, 0) is 24.5 Å². The number of aliphatic hydroxyl groups is 2. The minimum Gasteiger partial charge on any atom is -0.434 e. The summed E-state index contributed by atoms with van der Waals surface area (Å²) in [6, 6.07) is 1.15. The van der Waals surface area contributed by atoms with Gasteiger partial charge in [-0.05, 0) is 32.1 Å². The molecule has 0 radical (unpaired) electrons. The smallest absolute Gasteiger partial charge is 0.387 e. The number of nitrogens with one attached hydrogen (secondary N) is 1. The van der Waals surface area contributed by atoms with Crippen LogP contribution in [0.5, 0.6) is 5.75 Å². The summed E-state index contributed by atoms with van der Waals surface area (Å²) in [4.78, 5) is 17.1. The first-order valence-electron chi connectivity index (χ1n) is 12.7. The summed E-state index contributed by atoms with van der Waals surface area (Å²) in [7, 11) is 0. The Morgan fingerprint density at radius 1 is 1.34 bits per heavy atom. The number of rotatable bonds is 10. The van der Waals surface area contributed by atoms with E-state index in [-0.39, 0.29) is 58.8 Å². The maximum atomic E-state index is 13.4. The van der Waals surface area contributed by atoms with E-state index in [2.05, 4.69) is 20.1 Å². The van der Waals surface area contributed by atoms with Crippen molar-refractivity contribution in [2.45, 2.75) is 84.7 Å². The van der Waals surface area contributed by atoms with E-state index in [0.29, 0.717) is 19.3 Å². The third kappa shape index (κ3) is 8.69. The van der Waals surface area contributed by atoms with Gasteiger partial charge in [-0.15, -0.1) is 0 Å². The molecule has 1 saturated carbocycles. The van der Waals surface area contributed by atoms with Gasteiger partial charge in [-0.2, -0.15) is 22.3 Å². The van der Waals surface area contributed by atoms with Crippen molar-refractivity contribution in [1.29, 1.82) is 0 Å². The van der Waals surface area contributed by atoms with Crippen LogP contribution >= 0.6 is 11.6 Å². The van der Waals surface area contributed by atoms with Crippen LogP contribution in [-0.4, -0.2) is 70.6 Å². The number of aryl methyl sites for hydroxylation is 1. The van der Waals surface area contributed by atoms with Crippen LogP contribution in [0.25, 0.3) is 11.3 Å². The average Bonchev–Trinajstić information content (AvgIpc) is 3.21. The summed E-state index contributed by atoms with van der Waals surface area (Å²) in [6.07, 6.45) is -1.33. The number of aromatic nitrogens is 3. The molecule has 0 saturated heterocycles.